The highest BCUT2D eigenvalue weighted by Gasteiger charge is 2.07. The maximum Gasteiger partial charge on any atom is 0.165 e. The molecule has 0 bridgehead atoms. The highest BCUT2D eigenvalue weighted by molar-refractivity contribution is 5.30. The molecule has 1 aromatic carbocycles. The molecule has 1 aromatic rings. The molecule has 108 valence electrons. The van der Waals surface area contributed by atoms with Crippen LogP contribution in [0, 0.1) is 5.92 Å². The van der Waals surface area contributed by atoms with Gasteiger partial charge in [-0.1, -0.05) is 33.1 Å². The molecule has 0 aliphatic carbocycles. The molecule has 0 saturated heterocycles. The van der Waals surface area contributed by atoms with Crippen molar-refractivity contribution in [2.45, 2.75) is 39.5 Å². The van der Waals surface area contributed by atoms with E-state index in [0.717, 1.165) is 6.42 Å². The Hall–Kier alpha value is -1.26. The molecule has 0 heterocycles. The molecular weight excluding hydrogens is 244 g/mol. The summed E-state index contributed by atoms with van der Waals surface area (Å²) in [6, 6.07) is 7.08. The molecule has 1 atom stereocenters. The lowest BCUT2D eigenvalue weighted by Crippen LogP contribution is -2.10. The van der Waals surface area contributed by atoms with Crippen molar-refractivity contribution < 1.29 is 19.6 Å². The van der Waals surface area contributed by atoms with E-state index in [2.05, 4.69) is 18.7 Å². The third kappa shape index (κ3) is 6.45. The molecule has 4 nitrogen and oxygen atoms in total. The van der Waals surface area contributed by atoms with E-state index in [0.29, 0.717) is 24.0 Å². The molecular formula is C15H24O4. The van der Waals surface area contributed by atoms with Crippen LogP contribution in [0.2, 0.25) is 0 Å². The molecule has 4 heteroatoms. The van der Waals surface area contributed by atoms with Gasteiger partial charge in [0.25, 0.3) is 0 Å². The second kappa shape index (κ2) is 9.64. The Labute approximate surface area is 115 Å². The van der Waals surface area contributed by atoms with Gasteiger partial charge in [0, 0.05) is 0 Å². The van der Waals surface area contributed by atoms with Gasteiger partial charge in [0.1, 0.15) is 0 Å². The van der Waals surface area contributed by atoms with Gasteiger partial charge >= 0.3 is 0 Å². The van der Waals surface area contributed by atoms with Crippen LogP contribution in [0.25, 0.3) is 0 Å². The Morgan fingerprint density at radius 3 is 2.16 bits per heavy atom. The van der Waals surface area contributed by atoms with E-state index in [4.69, 9.17) is 14.7 Å². The van der Waals surface area contributed by atoms with E-state index >= 15 is 0 Å². The Morgan fingerprint density at radius 2 is 1.63 bits per heavy atom. The first-order valence-corrected chi connectivity index (χ1v) is 6.90. The summed E-state index contributed by atoms with van der Waals surface area (Å²) < 4.78 is 0. The standard InChI is InChI=1S/C15H24O4/c1-4-6-7-13(5-2)12-17-19-15-10-8-14(9-11-15)18-16-3/h8-11,13H,4-7,12H2,1-3H3. The highest BCUT2D eigenvalue weighted by Crippen LogP contribution is 2.19. The van der Waals surface area contributed by atoms with Crippen LogP contribution in [0.1, 0.15) is 39.5 Å². The largest absolute Gasteiger partial charge is 0.338 e. The lowest BCUT2D eigenvalue weighted by molar-refractivity contribution is -0.217. The zero-order chi connectivity index (χ0) is 13.9. The minimum absolute atomic E-state index is 0.566. The van der Waals surface area contributed by atoms with Crippen LogP contribution in [-0.4, -0.2) is 13.7 Å². The summed E-state index contributed by atoms with van der Waals surface area (Å²) in [7, 11) is 1.47. The smallest absolute Gasteiger partial charge is 0.165 e. The van der Waals surface area contributed by atoms with Crippen molar-refractivity contribution >= 4 is 0 Å². The van der Waals surface area contributed by atoms with E-state index in [1.54, 1.807) is 24.3 Å². The molecule has 19 heavy (non-hydrogen) atoms. The first-order valence-electron chi connectivity index (χ1n) is 6.90. The van der Waals surface area contributed by atoms with Gasteiger partial charge in [-0.15, -0.1) is 0 Å². The first-order chi connectivity index (χ1) is 9.30. The molecule has 0 spiro atoms. The zero-order valence-corrected chi connectivity index (χ0v) is 12.1. The third-order valence-corrected chi connectivity index (χ3v) is 3.01. The maximum absolute atomic E-state index is 5.30. The van der Waals surface area contributed by atoms with E-state index in [-0.39, 0.29) is 0 Å². The van der Waals surface area contributed by atoms with Crippen molar-refractivity contribution in [2.75, 3.05) is 13.7 Å². The molecule has 0 saturated carbocycles. The molecule has 0 aliphatic heterocycles. The minimum atomic E-state index is 0.566. The summed E-state index contributed by atoms with van der Waals surface area (Å²) in [6.07, 6.45) is 4.77. The molecule has 1 unspecified atom stereocenters. The predicted molar refractivity (Wildman–Crippen MR) is 74.0 cm³/mol. The monoisotopic (exact) mass is 268 g/mol. The number of unbranched alkanes of at least 4 members (excludes halogenated alkanes) is 1. The van der Waals surface area contributed by atoms with E-state index in [1.165, 1.54) is 26.4 Å². The van der Waals surface area contributed by atoms with E-state index in [9.17, 15) is 0 Å². The fraction of sp³-hybridized carbons (Fsp3) is 0.600. The van der Waals surface area contributed by atoms with Gasteiger partial charge in [0.05, 0.1) is 13.7 Å². The fourth-order valence-electron chi connectivity index (χ4n) is 1.74. The van der Waals surface area contributed by atoms with Crippen LogP contribution in [0.15, 0.2) is 24.3 Å². The second-order valence-corrected chi connectivity index (χ2v) is 4.51. The number of hydrogen-bond donors (Lipinski definition) is 0. The minimum Gasteiger partial charge on any atom is -0.338 e. The number of benzene rings is 1. The third-order valence-electron chi connectivity index (χ3n) is 3.01. The van der Waals surface area contributed by atoms with Crippen LogP contribution in [-0.2, 0) is 9.78 Å². The topological polar surface area (TPSA) is 36.9 Å². The Morgan fingerprint density at radius 1 is 1.00 bits per heavy atom. The van der Waals surface area contributed by atoms with Crippen molar-refractivity contribution in [3.05, 3.63) is 24.3 Å². The maximum atomic E-state index is 5.30. The quantitative estimate of drug-likeness (QED) is 0.472. The van der Waals surface area contributed by atoms with Gasteiger partial charge in [-0.2, -0.15) is 9.78 Å². The Bertz CT molecular complexity index is 323. The average molecular weight is 268 g/mol. The van der Waals surface area contributed by atoms with Crippen molar-refractivity contribution in [3.63, 3.8) is 0 Å². The van der Waals surface area contributed by atoms with Crippen molar-refractivity contribution in [1.29, 1.82) is 0 Å². The molecule has 0 amide bonds. The van der Waals surface area contributed by atoms with Crippen molar-refractivity contribution in [1.82, 2.24) is 0 Å². The van der Waals surface area contributed by atoms with Crippen LogP contribution < -0.4 is 9.78 Å². The lowest BCUT2D eigenvalue weighted by atomic mass is 10.0. The van der Waals surface area contributed by atoms with E-state index in [1.807, 2.05) is 0 Å². The molecule has 1 rings (SSSR count). The van der Waals surface area contributed by atoms with Crippen LogP contribution in [0.3, 0.4) is 0 Å². The summed E-state index contributed by atoms with van der Waals surface area (Å²) in [6.45, 7) is 5.01. The molecule has 0 fully saturated rings. The lowest BCUT2D eigenvalue weighted by Gasteiger charge is -2.13. The van der Waals surface area contributed by atoms with Crippen molar-refractivity contribution in [2.24, 2.45) is 5.92 Å². The molecule has 0 radical (unpaired) electrons. The van der Waals surface area contributed by atoms with E-state index < -0.39 is 0 Å². The van der Waals surface area contributed by atoms with Crippen LogP contribution in [0.5, 0.6) is 11.5 Å². The summed E-state index contributed by atoms with van der Waals surface area (Å²) >= 11 is 0. The first kappa shape index (κ1) is 15.8. The van der Waals surface area contributed by atoms with Crippen LogP contribution >= 0.6 is 0 Å². The molecule has 0 N–H and O–H groups in total. The van der Waals surface area contributed by atoms with Gasteiger partial charge in [-0.05, 0) is 36.6 Å². The predicted octanol–water partition coefficient (Wildman–Crippen LogP) is 4.15. The summed E-state index contributed by atoms with van der Waals surface area (Å²) in [5, 5.41) is 0. The van der Waals surface area contributed by atoms with Gasteiger partial charge < -0.3 is 9.78 Å². The summed E-state index contributed by atoms with van der Waals surface area (Å²) in [5.74, 6) is 1.86. The zero-order valence-electron chi connectivity index (χ0n) is 12.1. The normalized spacial score (nSPS) is 12.2. The molecule has 0 aromatic heterocycles. The summed E-state index contributed by atoms with van der Waals surface area (Å²) in [4.78, 5) is 20.0. The highest BCUT2D eigenvalue weighted by atomic mass is 17.2. The molecule has 0 aliphatic rings. The average Bonchev–Trinajstić information content (AvgIpc) is 2.44. The van der Waals surface area contributed by atoms with Gasteiger partial charge in [-0.25, -0.2) is 0 Å². The van der Waals surface area contributed by atoms with Gasteiger partial charge in [0.15, 0.2) is 11.5 Å². The van der Waals surface area contributed by atoms with Crippen molar-refractivity contribution in [3.8, 4) is 11.5 Å². The number of hydrogen-bond acceptors (Lipinski definition) is 4. The Kier molecular flexibility index (Phi) is 8.02. The van der Waals surface area contributed by atoms with Gasteiger partial charge in [0.2, 0.25) is 0 Å². The summed E-state index contributed by atoms with van der Waals surface area (Å²) in [5.41, 5.74) is 0. The number of rotatable bonds is 10. The van der Waals surface area contributed by atoms with Gasteiger partial charge in [-0.3, -0.25) is 0 Å². The SMILES string of the molecule is CCCCC(CC)COOc1ccc(OOC)cc1. The Balaban J connectivity index is 2.27. The fourth-order valence-corrected chi connectivity index (χ4v) is 1.74. The van der Waals surface area contributed by atoms with Crippen LogP contribution in [0.4, 0.5) is 0 Å². The second-order valence-electron chi connectivity index (χ2n) is 4.51.